The molecule has 0 aromatic heterocycles. The summed E-state index contributed by atoms with van der Waals surface area (Å²) in [4.78, 5) is 4.94. The molecule has 2 saturated heterocycles. The molecule has 5 heteroatoms. The lowest BCUT2D eigenvalue weighted by molar-refractivity contribution is 0.0682. The molecule has 3 rings (SSSR count). The standard InChI is InChI=1S/C18H27FN2O2/c1-22-10-8-20-7-6-18(13-20)14-21(9-11-23-15-18)12-16-2-4-17(19)5-3-16/h2-5H,6-15H2,1H3/t18-/m1/s1. The van der Waals surface area contributed by atoms with Gasteiger partial charge in [0.25, 0.3) is 0 Å². The fourth-order valence-corrected chi connectivity index (χ4v) is 3.75. The van der Waals surface area contributed by atoms with Gasteiger partial charge in [0.2, 0.25) is 0 Å². The van der Waals surface area contributed by atoms with Gasteiger partial charge in [0, 0.05) is 45.2 Å². The summed E-state index contributed by atoms with van der Waals surface area (Å²) in [6.45, 7) is 8.46. The van der Waals surface area contributed by atoms with E-state index in [1.807, 2.05) is 12.1 Å². The molecule has 1 atom stereocenters. The van der Waals surface area contributed by atoms with Crippen LogP contribution in [-0.4, -0.2) is 69.5 Å². The lowest BCUT2D eigenvalue weighted by Crippen LogP contribution is -2.40. The number of rotatable bonds is 5. The Labute approximate surface area is 138 Å². The van der Waals surface area contributed by atoms with Crippen LogP contribution in [-0.2, 0) is 16.0 Å². The third kappa shape index (κ3) is 4.51. The Kier molecular flexibility index (Phi) is 5.64. The van der Waals surface area contributed by atoms with Crippen LogP contribution < -0.4 is 0 Å². The third-order valence-electron chi connectivity index (χ3n) is 4.97. The molecule has 0 saturated carbocycles. The van der Waals surface area contributed by atoms with Gasteiger partial charge in [-0.2, -0.15) is 0 Å². The van der Waals surface area contributed by atoms with E-state index in [0.29, 0.717) is 0 Å². The SMILES string of the molecule is COCCN1CC[C@@]2(COCCN(Cc3ccc(F)cc3)C2)C1. The minimum atomic E-state index is -0.172. The number of methoxy groups -OCH3 is 1. The topological polar surface area (TPSA) is 24.9 Å². The maximum atomic E-state index is 13.1. The average molecular weight is 322 g/mol. The van der Waals surface area contributed by atoms with E-state index in [9.17, 15) is 4.39 Å². The largest absolute Gasteiger partial charge is 0.383 e. The van der Waals surface area contributed by atoms with Crippen LogP contribution in [0.1, 0.15) is 12.0 Å². The van der Waals surface area contributed by atoms with Crippen LogP contribution in [0.3, 0.4) is 0 Å². The molecule has 1 spiro atoms. The van der Waals surface area contributed by atoms with Gasteiger partial charge in [-0.25, -0.2) is 4.39 Å². The highest BCUT2D eigenvalue weighted by atomic mass is 19.1. The van der Waals surface area contributed by atoms with Crippen molar-refractivity contribution in [2.75, 3.05) is 59.7 Å². The van der Waals surface area contributed by atoms with Crippen molar-refractivity contribution in [2.45, 2.75) is 13.0 Å². The van der Waals surface area contributed by atoms with Crippen molar-refractivity contribution in [2.24, 2.45) is 5.41 Å². The lowest BCUT2D eigenvalue weighted by atomic mass is 9.87. The second kappa shape index (κ2) is 7.71. The number of halogens is 1. The molecular weight excluding hydrogens is 295 g/mol. The second-order valence-electron chi connectivity index (χ2n) is 6.91. The number of hydrogen-bond acceptors (Lipinski definition) is 4. The van der Waals surface area contributed by atoms with Crippen LogP contribution in [0.15, 0.2) is 24.3 Å². The molecule has 128 valence electrons. The van der Waals surface area contributed by atoms with Crippen LogP contribution in [0.4, 0.5) is 4.39 Å². The van der Waals surface area contributed by atoms with Crippen molar-refractivity contribution >= 4 is 0 Å². The Bertz CT molecular complexity index is 496. The number of nitrogens with zero attached hydrogens (tertiary/aromatic N) is 2. The minimum Gasteiger partial charge on any atom is -0.383 e. The van der Waals surface area contributed by atoms with Crippen LogP contribution in [0.25, 0.3) is 0 Å². The summed E-state index contributed by atoms with van der Waals surface area (Å²) in [5.41, 5.74) is 1.39. The van der Waals surface area contributed by atoms with Crippen molar-refractivity contribution < 1.29 is 13.9 Å². The van der Waals surface area contributed by atoms with E-state index in [1.54, 1.807) is 19.2 Å². The van der Waals surface area contributed by atoms with E-state index in [2.05, 4.69) is 9.80 Å². The molecule has 0 bridgehead atoms. The third-order valence-corrected chi connectivity index (χ3v) is 4.97. The van der Waals surface area contributed by atoms with E-state index in [1.165, 1.54) is 6.42 Å². The highest BCUT2D eigenvalue weighted by Crippen LogP contribution is 2.33. The lowest BCUT2D eigenvalue weighted by Gasteiger charge is -2.32. The van der Waals surface area contributed by atoms with E-state index in [4.69, 9.17) is 9.47 Å². The average Bonchev–Trinajstić information content (AvgIpc) is 2.83. The van der Waals surface area contributed by atoms with Crippen molar-refractivity contribution in [1.29, 1.82) is 0 Å². The predicted octanol–water partition coefficient (Wildman–Crippen LogP) is 2.00. The Morgan fingerprint density at radius 2 is 1.96 bits per heavy atom. The number of benzene rings is 1. The summed E-state index contributed by atoms with van der Waals surface area (Å²) in [5, 5.41) is 0. The monoisotopic (exact) mass is 322 g/mol. The molecule has 1 aromatic carbocycles. The summed E-state index contributed by atoms with van der Waals surface area (Å²) < 4.78 is 24.2. The quantitative estimate of drug-likeness (QED) is 0.828. The molecule has 0 aliphatic carbocycles. The molecule has 2 aliphatic rings. The van der Waals surface area contributed by atoms with Gasteiger partial charge in [0.15, 0.2) is 0 Å². The number of likely N-dealkylation sites (tertiary alicyclic amines) is 1. The summed E-state index contributed by atoms with van der Waals surface area (Å²) in [7, 11) is 1.75. The van der Waals surface area contributed by atoms with Crippen molar-refractivity contribution in [3.63, 3.8) is 0 Å². The first-order valence-corrected chi connectivity index (χ1v) is 8.45. The highest BCUT2D eigenvalue weighted by molar-refractivity contribution is 5.16. The molecule has 2 fully saturated rings. The van der Waals surface area contributed by atoms with Crippen LogP contribution in [0, 0.1) is 11.2 Å². The van der Waals surface area contributed by atoms with Crippen molar-refractivity contribution in [3.05, 3.63) is 35.6 Å². The van der Waals surface area contributed by atoms with E-state index >= 15 is 0 Å². The summed E-state index contributed by atoms with van der Waals surface area (Å²) >= 11 is 0. The zero-order valence-corrected chi connectivity index (χ0v) is 14.0. The molecule has 0 N–H and O–H groups in total. The molecule has 0 amide bonds. The van der Waals surface area contributed by atoms with E-state index in [-0.39, 0.29) is 11.2 Å². The Hall–Kier alpha value is -1.01. The maximum Gasteiger partial charge on any atom is 0.123 e. The summed E-state index contributed by atoms with van der Waals surface area (Å²) in [6.07, 6.45) is 1.18. The molecule has 23 heavy (non-hydrogen) atoms. The van der Waals surface area contributed by atoms with Gasteiger partial charge < -0.3 is 14.4 Å². The Morgan fingerprint density at radius 1 is 1.17 bits per heavy atom. The molecule has 0 radical (unpaired) electrons. The number of hydrogen-bond donors (Lipinski definition) is 0. The summed E-state index contributed by atoms with van der Waals surface area (Å²) in [5.74, 6) is -0.172. The van der Waals surface area contributed by atoms with Gasteiger partial charge in [-0.1, -0.05) is 12.1 Å². The first-order valence-electron chi connectivity index (χ1n) is 8.45. The Morgan fingerprint density at radius 3 is 2.74 bits per heavy atom. The number of ether oxygens (including phenoxy) is 2. The van der Waals surface area contributed by atoms with Gasteiger partial charge in [0.1, 0.15) is 5.82 Å². The first-order chi connectivity index (χ1) is 11.2. The molecule has 4 nitrogen and oxygen atoms in total. The smallest absolute Gasteiger partial charge is 0.123 e. The van der Waals surface area contributed by atoms with Gasteiger partial charge in [-0.15, -0.1) is 0 Å². The molecule has 1 aromatic rings. The first kappa shape index (κ1) is 16.8. The van der Waals surface area contributed by atoms with Crippen molar-refractivity contribution in [3.8, 4) is 0 Å². The van der Waals surface area contributed by atoms with Crippen LogP contribution >= 0.6 is 0 Å². The van der Waals surface area contributed by atoms with E-state index < -0.39 is 0 Å². The van der Waals surface area contributed by atoms with Gasteiger partial charge >= 0.3 is 0 Å². The van der Waals surface area contributed by atoms with Crippen LogP contribution in [0.5, 0.6) is 0 Å². The second-order valence-corrected chi connectivity index (χ2v) is 6.91. The van der Waals surface area contributed by atoms with Crippen LogP contribution in [0.2, 0.25) is 0 Å². The van der Waals surface area contributed by atoms with Crippen molar-refractivity contribution in [1.82, 2.24) is 9.80 Å². The van der Waals surface area contributed by atoms with Gasteiger partial charge in [-0.3, -0.25) is 4.90 Å². The fraction of sp³-hybridized carbons (Fsp3) is 0.667. The summed E-state index contributed by atoms with van der Waals surface area (Å²) in [6, 6.07) is 6.85. The zero-order chi connectivity index (χ0) is 16.1. The normalized spacial score (nSPS) is 26.7. The fourth-order valence-electron chi connectivity index (χ4n) is 3.75. The van der Waals surface area contributed by atoms with E-state index in [0.717, 1.165) is 64.7 Å². The molecule has 0 unspecified atom stereocenters. The minimum absolute atomic E-state index is 0.172. The molecule has 2 heterocycles. The van der Waals surface area contributed by atoms with Gasteiger partial charge in [0.05, 0.1) is 19.8 Å². The highest BCUT2D eigenvalue weighted by Gasteiger charge is 2.40. The Balaban J connectivity index is 1.61. The predicted molar refractivity (Wildman–Crippen MR) is 87.9 cm³/mol. The maximum absolute atomic E-state index is 13.1. The molecule has 2 aliphatic heterocycles. The van der Waals surface area contributed by atoms with Gasteiger partial charge in [-0.05, 0) is 30.7 Å². The molecular formula is C18H27FN2O2. The zero-order valence-electron chi connectivity index (χ0n) is 14.0.